The van der Waals surface area contributed by atoms with Gasteiger partial charge in [-0.3, -0.25) is 9.36 Å². The van der Waals surface area contributed by atoms with E-state index in [2.05, 4.69) is 16.8 Å². The predicted octanol–water partition coefficient (Wildman–Crippen LogP) is 2.47. The highest BCUT2D eigenvalue weighted by Gasteiger charge is 2.26. The van der Waals surface area contributed by atoms with Crippen LogP contribution in [0.4, 0.5) is 0 Å². The van der Waals surface area contributed by atoms with Crippen LogP contribution in [-0.4, -0.2) is 27.9 Å². The van der Waals surface area contributed by atoms with E-state index in [4.69, 9.17) is 16.3 Å². The van der Waals surface area contributed by atoms with Gasteiger partial charge >= 0.3 is 5.97 Å². The van der Waals surface area contributed by atoms with Crippen molar-refractivity contribution in [3.63, 3.8) is 0 Å². The lowest BCUT2D eigenvalue weighted by Gasteiger charge is -2.12. The van der Waals surface area contributed by atoms with Crippen molar-refractivity contribution in [1.29, 1.82) is 0 Å². The first-order valence-corrected chi connectivity index (χ1v) is 6.87. The van der Waals surface area contributed by atoms with Crippen LogP contribution in [0.15, 0.2) is 0 Å². The summed E-state index contributed by atoms with van der Waals surface area (Å²) < 4.78 is 6.81. The molecule has 0 bridgehead atoms. The molecule has 0 radical (unpaired) electrons. The largest absolute Gasteiger partial charge is 0.458 e. The molecule has 1 aliphatic rings. The molecule has 106 valence electrons. The molecule has 0 saturated heterocycles. The standard InChI is InChI=1S/C14H15ClN2O3/c1-2-3-8-17-12(11(9-18)16-14(17)15)13(19)20-10-6-4-5-7-10/h9-10H,4-8H2,1H3. The van der Waals surface area contributed by atoms with E-state index in [1.807, 2.05) is 0 Å². The van der Waals surface area contributed by atoms with Gasteiger partial charge in [0.25, 0.3) is 0 Å². The molecule has 0 aromatic carbocycles. The van der Waals surface area contributed by atoms with Gasteiger partial charge in [0.05, 0.1) is 6.54 Å². The second-order valence-electron chi connectivity index (χ2n) is 4.56. The van der Waals surface area contributed by atoms with Gasteiger partial charge in [-0.15, -0.1) is 5.92 Å². The summed E-state index contributed by atoms with van der Waals surface area (Å²) >= 11 is 5.94. The Morgan fingerprint density at radius 2 is 2.25 bits per heavy atom. The highest BCUT2D eigenvalue weighted by molar-refractivity contribution is 6.29. The maximum atomic E-state index is 12.2. The molecule has 1 heterocycles. The molecule has 20 heavy (non-hydrogen) atoms. The van der Waals surface area contributed by atoms with Crippen molar-refractivity contribution in [2.45, 2.75) is 45.3 Å². The van der Waals surface area contributed by atoms with Crippen molar-refractivity contribution in [3.05, 3.63) is 16.7 Å². The molecule has 1 saturated carbocycles. The first-order chi connectivity index (χ1) is 9.67. The zero-order valence-corrected chi connectivity index (χ0v) is 11.9. The summed E-state index contributed by atoms with van der Waals surface area (Å²) in [5.74, 6) is 4.95. The third-order valence-corrected chi connectivity index (χ3v) is 3.53. The zero-order valence-electron chi connectivity index (χ0n) is 11.2. The number of esters is 1. The van der Waals surface area contributed by atoms with Gasteiger partial charge < -0.3 is 4.74 Å². The summed E-state index contributed by atoms with van der Waals surface area (Å²) in [5, 5.41) is 0.0632. The number of aldehydes is 1. The normalized spacial score (nSPS) is 14.7. The zero-order chi connectivity index (χ0) is 14.5. The number of imidazole rings is 1. The molecular weight excluding hydrogens is 280 g/mol. The second kappa shape index (κ2) is 6.58. The van der Waals surface area contributed by atoms with E-state index in [1.165, 1.54) is 4.57 Å². The molecule has 0 N–H and O–H groups in total. The Hall–Kier alpha value is -1.80. The SMILES string of the molecule is CC#CCn1c(Cl)nc(C=O)c1C(=O)OC1CCCC1. The van der Waals surface area contributed by atoms with E-state index in [0.717, 1.165) is 25.7 Å². The lowest BCUT2D eigenvalue weighted by atomic mass is 10.3. The van der Waals surface area contributed by atoms with Crippen molar-refractivity contribution >= 4 is 23.9 Å². The number of hydrogen-bond donors (Lipinski definition) is 0. The first kappa shape index (κ1) is 14.6. The van der Waals surface area contributed by atoms with Gasteiger partial charge in [0.15, 0.2) is 12.0 Å². The van der Waals surface area contributed by atoms with Gasteiger partial charge in [-0.25, -0.2) is 9.78 Å². The minimum atomic E-state index is -0.559. The summed E-state index contributed by atoms with van der Waals surface area (Å²) in [4.78, 5) is 27.1. The van der Waals surface area contributed by atoms with Gasteiger partial charge in [-0.2, -0.15) is 0 Å². The van der Waals surface area contributed by atoms with Crippen molar-refractivity contribution in [1.82, 2.24) is 9.55 Å². The molecule has 1 aliphatic carbocycles. The molecule has 0 amide bonds. The number of carbonyl (C=O) groups excluding carboxylic acids is 2. The number of carbonyl (C=O) groups is 2. The van der Waals surface area contributed by atoms with Crippen molar-refractivity contribution in [2.75, 3.05) is 0 Å². The maximum Gasteiger partial charge on any atom is 0.357 e. The monoisotopic (exact) mass is 294 g/mol. The second-order valence-corrected chi connectivity index (χ2v) is 4.90. The minimum Gasteiger partial charge on any atom is -0.458 e. The summed E-state index contributed by atoms with van der Waals surface area (Å²) in [6.45, 7) is 1.88. The average molecular weight is 295 g/mol. The Morgan fingerprint density at radius 1 is 1.55 bits per heavy atom. The van der Waals surface area contributed by atoms with Gasteiger partial charge in [0, 0.05) is 0 Å². The number of ether oxygens (including phenoxy) is 1. The van der Waals surface area contributed by atoms with Crippen LogP contribution >= 0.6 is 11.6 Å². The number of aromatic nitrogens is 2. The third kappa shape index (κ3) is 3.02. The van der Waals surface area contributed by atoms with Crippen LogP contribution < -0.4 is 0 Å². The Balaban J connectivity index is 2.28. The van der Waals surface area contributed by atoms with Gasteiger partial charge in [-0.1, -0.05) is 5.92 Å². The molecule has 1 aromatic rings. The van der Waals surface area contributed by atoms with E-state index in [9.17, 15) is 9.59 Å². The molecule has 1 aromatic heterocycles. The fraction of sp³-hybridized carbons (Fsp3) is 0.500. The Bertz CT molecular complexity index is 577. The number of nitrogens with zero attached hydrogens (tertiary/aromatic N) is 2. The van der Waals surface area contributed by atoms with Crippen LogP contribution in [0.1, 0.15) is 53.6 Å². The summed E-state index contributed by atoms with van der Waals surface area (Å²) in [7, 11) is 0. The fourth-order valence-electron chi connectivity index (χ4n) is 2.26. The van der Waals surface area contributed by atoms with Crippen LogP contribution in [-0.2, 0) is 11.3 Å². The molecule has 1 fully saturated rings. The number of rotatable bonds is 4. The smallest absolute Gasteiger partial charge is 0.357 e. The fourth-order valence-corrected chi connectivity index (χ4v) is 2.49. The Morgan fingerprint density at radius 3 is 2.85 bits per heavy atom. The maximum absolute atomic E-state index is 12.2. The van der Waals surface area contributed by atoms with E-state index in [-0.39, 0.29) is 29.3 Å². The molecule has 0 atom stereocenters. The number of halogens is 1. The molecular formula is C14H15ClN2O3. The first-order valence-electron chi connectivity index (χ1n) is 6.49. The van der Waals surface area contributed by atoms with Gasteiger partial charge in [0.1, 0.15) is 11.8 Å². The lowest BCUT2D eigenvalue weighted by Crippen LogP contribution is -2.19. The van der Waals surface area contributed by atoms with Crippen LogP contribution in [0.2, 0.25) is 5.28 Å². The molecule has 2 rings (SSSR count). The summed E-state index contributed by atoms with van der Waals surface area (Å²) in [6, 6.07) is 0. The van der Waals surface area contributed by atoms with Gasteiger partial charge in [0.2, 0.25) is 5.28 Å². The Labute approximate surface area is 122 Å². The highest BCUT2D eigenvalue weighted by atomic mass is 35.5. The van der Waals surface area contributed by atoms with E-state index < -0.39 is 5.97 Å². The van der Waals surface area contributed by atoms with Crippen molar-refractivity contribution < 1.29 is 14.3 Å². The minimum absolute atomic E-state index is 0.00380. The number of hydrogen-bond acceptors (Lipinski definition) is 4. The topological polar surface area (TPSA) is 61.2 Å². The van der Waals surface area contributed by atoms with Crippen molar-refractivity contribution in [3.8, 4) is 11.8 Å². The van der Waals surface area contributed by atoms with Crippen LogP contribution in [0.3, 0.4) is 0 Å². The highest BCUT2D eigenvalue weighted by Crippen LogP contribution is 2.23. The summed E-state index contributed by atoms with van der Waals surface area (Å²) in [6.07, 6.45) is 4.26. The lowest BCUT2D eigenvalue weighted by molar-refractivity contribution is 0.0304. The average Bonchev–Trinajstić information content (AvgIpc) is 3.04. The van der Waals surface area contributed by atoms with Crippen LogP contribution in [0, 0.1) is 11.8 Å². The molecule has 0 spiro atoms. The predicted molar refractivity (Wildman–Crippen MR) is 73.7 cm³/mol. The molecule has 6 heteroatoms. The Kier molecular flexibility index (Phi) is 4.80. The van der Waals surface area contributed by atoms with E-state index in [0.29, 0.717) is 6.29 Å². The van der Waals surface area contributed by atoms with E-state index >= 15 is 0 Å². The van der Waals surface area contributed by atoms with Gasteiger partial charge in [-0.05, 0) is 44.2 Å². The molecule has 5 nitrogen and oxygen atoms in total. The van der Waals surface area contributed by atoms with Crippen LogP contribution in [0.25, 0.3) is 0 Å². The van der Waals surface area contributed by atoms with Crippen molar-refractivity contribution in [2.24, 2.45) is 0 Å². The van der Waals surface area contributed by atoms with Crippen LogP contribution in [0.5, 0.6) is 0 Å². The summed E-state index contributed by atoms with van der Waals surface area (Å²) in [5.41, 5.74) is 0.0792. The quantitative estimate of drug-likeness (QED) is 0.486. The molecule has 0 unspecified atom stereocenters. The third-order valence-electron chi connectivity index (χ3n) is 3.24. The molecule has 0 aliphatic heterocycles. The van der Waals surface area contributed by atoms with E-state index in [1.54, 1.807) is 6.92 Å².